The quantitative estimate of drug-likeness (QED) is 0.706. The van der Waals surface area contributed by atoms with E-state index in [2.05, 4.69) is 0 Å². The molecule has 0 aliphatic carbocycles. The fourth-order valence-corrected chi connectivity index (χ4v) is 5.01. The fraction of sp³-hybridized carbons (Fsp3) is 0.429. The topological polar surface area (TPSA) is 58.6 Å². The average molecular weight is 417 g/mol. The van der Waals surface area contributed by atoms with Crippen molar-refractivity contribution in [3.63, 3.8) is 0 Å². The molecule has 0 amide bonds. The number of benzene rings is 2. The summed E-state index contributed by atoms with van der Waals surface area (Å²) in [6.45, 7) is 0.394. The minimum absolute atomic E-state index is 0.300. The molecule has 3 aliphatic rings. The minimum Gasteiger partial charge on any atom is -0.462 e. The first-order valence-electron chi connectivity index (χ1n) is 9.69. The van der Waals surface area contributed by atoms with Crippen LogP contribution in [0.2, 0.25) is 0 Å². The van der Waals surface area contributed by atoms with Gasteiger partial charge in [-0.2, -0.15) is 0 Å². The molecule has 3 heterocycles. The second-order valence-corrected chi connectivity index (χ2v) is 9.07. The van der Waals surface area contributed by atoms with Crippen molar-refractivity contribution in [1.82, 2.24) is 4.67 Å². The Balaban J connectivity index is 1.38. The lowest BCUT2D eigenvalue weighted by atomic mass is 9.98. The van der Waals surface area contributed by atoms with Gasteiger partial charge in [0.1, 0.15) is 24.1 Å². The maximum Gasteiger partial charge on any atom is 0.259 e. The van der Waals surface area contributed by atoms with Crippen molar-refractivity contribution >= 4 is 8.53 Å². The van der Waals surface area contributed by atoms with Crippen LogP contribution in [0, 0.1) is 0 Å². The molecule has 2 aromatic carbocycles. The van der Waals surface area contributed by atoms with Crippen LogP contribution in [0.25, 0.3) is 0 Å². The van der Waals surface area contributed by atoms with Crippen molar-refractivity contribution in [2.45, 2.75) is 37.0 Å². The normalized spacial score (nSPS) is 36.4. The third kappa shape index (κ3) is 3.92. The number of hydrogen-bond donors (Lipinski definition) is 0. The standard InChI is InChI=1S/C21H24NO6P/c1-22(2)29-27-18-17-16(13-23-20(26-17)14-9-5-3-6-10-14)25-21(19(18)28-29)24-15-11-7-4-8-12-15/h3-12,16-21H,13H2,1-2H3/t16?,17-,18-,19+,20?,21?,29?/m0/s1. The van der Waals surface area contributed by atoms with Gasteiger partial charge in [-0.1, -0.05) is 48.5 Å². The van der Waals surface area contributed by atoms with Crippen molar-refractivity contribution in [3.05, 3.63) is 66.2 Å². The van der Waals surface area contributed by atoms with Gasteiger partial charge in [0.15, 0.2) is 12.4 Å². The van der Waals surface area contributed by atoms with Crippen LogP contribution in [-0.2, 0) is 23.3 Å². The Morgan fingerprint density at radius 2 is 1.55 bits per heavy atom. The molecule has 0 bridgehead atoms. The molecule has 154 valence electrons. The lowest BCUT2D eigenvalue weighted by Crippen LogP contribution is -2.61. The van der Waals surface area contributed by atoms with Gasteiger partial charge in [0.05, 0.1) is 6.61 Å². The molecule has 5 rings (SSSR count). The fourth-order valence-electron chi connectivity index (χ4n) is 3.71. The van der Waals surface area contributed by atoms with E-state index in [1.54, 1.807) is 0 Å². The maximum atomic E-state index is 6.30. The number of para-hydroxylation sites is 1. The number of ether oxygens (including phenoxy) is 4. The molecule has 0 radical (unpaired) electrons. The van der Waals surface area contributed by atoms with Crippen molar-refractivity contribution in [3.8, 4) is 5.75 Å². The minimum atomic E-state index is -1.20. The van der Waals surface area contributed by atoms with Gasteiger partial charge in [-0.05, 0) is 26.2 Å². The summed E-state index contributed by atoms with van der Waals surface area (Å²) in [5.41, 5.74) is 0.971. The summed E-state index contributed by atoms with van der Waals surface area (Å²) in [5.74, 6) is 0.721. The van der Waals surface area contributed by atoms with Gasteiger partial charge >= 0.3 is 0 Å². The highest BCUT2D eigenvalue weighted by Gasteiger charge is 2.57. The van der Waals surface area contributed by atoms with E-state index < -0.39 is 21.1 Å². The zero-order valence-electron chi connectivity index (χ0n) is 16.3. The molecule has 3 saturated heterocycles. The van der Waals surface area contributed by atoms with E-state index >= 15 is 0 Å². The van der Waals surface area contributed by atoms with Crippen molar-refractivity contribution in [2.75, 3.05) is 20.7 Å². The maximum absolute atomic E-state index is 6.30. The van der Waals surface area contributed by atoms with Crippen LogP contribution >= 0.6 is 8.53 Å². The first kappa shape index (κ1) is 19.4. The van der Waals surface area contributed by atoms with Crippen molar-refractivity contribution in [1.29, 1.82) is 0 Å². The molecule has 4 unspecified atom stereocenters. The van der Waals surface area contributed by atoms with Gasteiger partial charge in [-0.3, -0.25) is 0 Å². The molecule has 8 heteroatoms. The monoisotopic (exact) mass is 417 g/mol. The third-order valence-electron chi connectivity index (χ3n) is 5.10. The molecular weight excluding hydrogens is 393 g/mol. The van der Waals surface area contributed by atoms with Gasteiger partial charge in [-0.25, -0.2) is 4.67 Å². The second kappa shape index (κ2) is 8.28. The zero-order valence-corrected chi connectivity index (χ0v) is 17.2. The molecule has 2 aromatic rings. The molecule has 0 spiro atoms. The molecule has 0 N–H and O–H groups in total. The Bertz CT molecular complexity index is 809. The lowest BCUT2D eigenvalue weighted by Gasteiger charge is -2.45. The highest BCUT2D eigenvalue weighted by Crippen LogP contribution is 2.54. The molecule has 0 aromatic heterocycles. The molecule has 0 saturated carbocycles. The summed E-state index contributed by atoms with van der Waals surface area (Å²) in [6, 6.07) is 19.5. The molecule has 29 heavy (non-hydrogen) atoms. The number of rotatable bonds is 4. The van der Waals surface area contributed by atoms with Crippen LogP contribution in [0.3, 0.4) is 0 Å². The highest BCUT2D eigenvalue weighted by molar-refractivity contribution is 7.44. The van der Waals surface area contributed by atoms with E-state index in [9.17, 15) is 0 Å². The van der Waals surface area contributed by atoms with Gasteiger partial charge in [-0.15, -0.1) is 0 Å². The Morgan fingerprint density at radius 3 is 2.28 bits per heavy atom. The van der Waals surface area contributed by atoms with Crippen molar-refractivity contribution < 1.29 is 28.0 Å². The van der Waals surface area contributed by atoms with Crippen LogP contribution in [0.4, 0.5) is 0 Å². The largest absolute Gasteiger partial charge is 0.462 e. The summed E-state index contributed by atoms with van der Waals surface area (Å²) in [7, 11) is 2.67. The van der Waals surface area contributed by atoms with E-state index in [1.165, 1.54) is 0 Å². The van der Waals surface area contributed by atoms with Crippen LogP contribution in [-0.4, -0.2) is 56.1 Å². The number of hydrogen-bond acceptors (Lipinski definition) is 7. The molecule has 3 fully saturated rings. The summed E-state index contributed by atoms with van der Waals surface area (Å²) < 4.78 is 39.0. The molecule has 3 aliphatic heterocycles. The lowest BCUT2D eigenvalue weighted by molar-refractivity contribution is -0.335. The number of nitrogens with zero attached hydrogens (tertiary/aromatic N) is 1. The summed E-state index contributed by atoms with van der Waals surface area (Å²) in [5, 5.41) is 0. The predicted octanol–water partition coefficient (Wildman–Crippen LogP) is 3.48. The predicted molar refractivity (Wildman–Crippen MR) is 106 cm³/mol. The SMILES string of the molecule is CN(C)P1O[C@H]2[C@H]3OC(c4ccccc4)OCC3OC(Oc3ccccc3)[C@@H]2O1. The molecule has 7 atom stereocenters. The van der Waals surface area contributed by atoms with Gasteiger partial charge in [0.2, 0.25) is 6.29 Å². The van der Waals surface area contributed by atoms with Gasteiger partial charge < -0.3 is 28.0 Å². The van der Waals surface area contributed by atoms with Crippen LogP contribution in [0.1, 0.15) is 11.9 Å². The Labute approximate surface area is 171 Å². The summed E-state index contributed by atoms with van der Waals surface area (Å²) in [6.07, 6.45) is -2.35. The molecular formula is C21H24NO6P. The Kier molecular flexibility index (Phi) is 5.54. The number of fused-ring (bicyclic) bond motifs is 3. The van der Waals surface area contributed by atoms with E-state index in [-0.39, 0.29) is 24.4 Å². The van der Waals surface area contributed by atoms with Crippen LogP contribution in [0.5, 0.6) is 5.75 Å². The average Bonchev–Trinajstić information content (AvgIpc) is 3.22. The Morgan fingerprint density at radius 1 is 0.862 bits per heavy atom. The van der Waals surface area contributed by atoms with Gasteiger partial charge in [0, 0.05) is 5.56 Å². The first-order valence-corrected chi connectivity index (χ1v) is 10.8. The smallest absolute Gasteiger partial charge is 0.259 e. The van der Waals surface area contributed by atoms with E-state index in [0.29, 0.717) is 6.61 Å². The summed E-state index contributed by atoms with van der Waals surface area (Å²) >= 11 is 0. The van der Waals surface area contributed by atoms with Gasteiger partial charge in [0.25, 0.3) is 8.53 Å². The van der Waals surface area contributed by atoms with E-state index in [4.69, 9.17) is 28.0 Å². The highest BCUT2D eigenvalue weighted by atomic mass is 31.2. The van der Waals surface area contributed by atoms with Crippen molar-refractivity contribution in [2.24, 2.45) is 0 Å². The Hall–Kier alpha value is -1.57. The van der Waals surface area contributed by atoms with E-state index in [0.717, 1.165) is 11.3 Å². The van der Waals surface area contributed by atoms with Crippen LogP contribution in [0.15, 0.2) is 60.7 Å². The first-order chi connectivity index (χ1) is 14.2. The molecule has 7 nitrogen and oxygen atoms in total. The zero-order chi connectivity index (χ0) is 19.8. The third-order valence-corrected chi connectivity index (χ3v) is 6.60. The second-order valence-electron chi connectivity index (χ2n) is 7.38. The van der Waals surface area contributed by atoms with Crippen LogP contribution < -0.4 is 4.74 Å². The van der Waals surface area contributed by atoms with E-state index in [1.807, 2.05) is 79.4 Å². The summed E-state index contributed by atoms with van der Waals surface area (Å²) in [4.78, 5) is 0.